The maximum absolute atomic E-state index is 12.9. The average Bonchev–Trinajstić information content (AvgIpc) is 3.77. The lowest BCUT2D eigenvalue weighted by Crippen LogP contribution is -3.00. The molecule has 0 amide bonds. The van der Waals surface area contributed by atoms with E-state index in [1.807, 2.05) is 9.13 Å². The Morgan fingerprint density at radius 1 is 0.481 bits per heavy atom. The average molecular weight is 859 g/mol. The summed E-state index contributed by atoms with van der Waals surface area (Å²) in [5, 5.41) is 0. The number of likely N-dealkylation sites (N-methyl/N-ethyl adjacent to an activating group) is 2. The maximum atomic E-state index is 12.9. The van der Waals surface area contributed by atoms with Crippen molar-refractivity contribution in [3.8, 4) is 0 Å². The van der Waals surface area contributed by atoms with Crippen molar-refractivity contribution >= 4 is 22.3 Å². The van der Waals surface area contributed by atoms with Crippen molar-refractivity contribution in [2.75, 3.05) is 52.4 Å². The quantitative estimate of drug-likeness (QED) is 0.0641. The van der Waals surface area contributed by atoms with Gasteiger partial charge in [-0.3, -0.25) is 27.9 Å². The zero-order chi connectivity index (χ0) is 36.6. The van der Waals surface area contributed by atoms with Gasteiger partial charge in [-0.2, -0.15) is 0 Å². The predicted octanol–water partition coefficient (Wildman–Crippen LogP) is -3.28. The minimum absolute atomic E-state index is 0. The molecule has 52 heavy (non-hydrogen) atoms. The van der Waals surface area contributed by atoms with Crippen LogP contribution in [0.5, 0.6) is 0 Å². The molecule has 4 heterocycles. The van der Waals surface area contributed by atoms with Crippen LogP contribution in [0, 0.1) is 0 Å². The van der Waals surface area contributed by atoms with E-state index in [-0.39, 0.29) is 56.5 Å². The molecule has 294 valence electrons. The van der Waals surface area contributed by atoms with Crippen LogP contribution in [-0.4, -0.2) is 98.7 Å². The number of nitrogens with zero attached hydrogens (tertiary/aromatic N) is 10. The second-order valence-electron chi connectivity index (χ2n) is 14.3. The second-order valence-corrected chi connectivity index (χ2v) is 14.3. The zero-order valence-electron chi connectivity index (χ0n) is 32.7. The lowest BCUT2D eigenvalue weighted by atomic mass is 10.1. The van der Waals surface area contributed by atoms with Crippen molar-refractivity contribution in [2.45, 2.75) is 92.2 Å². The van der Waals surface area contributed by atoms with Gasteiger partial charge in [-0.25, -0.2) is 19.6 Å². The molecule has 0 spiro atoms. The fraction of sp³-hybridized carbons (Fsp3) is 0.722. The highest BCUT2D eigenvalue weighted by atomic mass is 79.9. The van der Waals surface area contributed by atoms with E-state index < -0.39 is 0 Å². The number of halogens is 2. The summed E-state index contributed by atoms with van der Waals surface area (Å²) in [5.74, 6) is 0. The monoisotopic (exact) mass is 856 g/mol. The van der Waals surface area contributed by atoms with E-state index in [1.54, 1.807) is 26.7 Å². The molecule has 0 N–H and O–H groups in total. The molecule has 4 aromatic rings. The molecule has 0 fully saturated rings. The van der Waals surface area contributed by atoms with Crippen LogP contribution in [0.25, 0.3) is 22.3 Å². The van der Waals surface area contributed by atoms with Gasteiger partial charge in [0.25, 0.3) is 11.1 Å². The number of quaternary nitrogens is 2. The standard InChI is InChI=1S/C36H62N10O4.2BrH/c1-9-45(10-2,25-21-43-27-37-31-29(43)33(47)41(7)35(49)39(31)5)23-19-17-15-13-14-16-18-20-24-46(11-3,12-4)26-22-44-28-38-32-30(44)34(48)42(8)36(50)40(32)6;;/h27-28H,9-26H2,1-8H3;2*1H/q+2;;/p-2. The smallest absolute Gasteiger partial charge is 0.332 e. The van der Waals surface area contributed by atoms with E-state index in [1.165, 1.54) is 74.6 Å². The second kappa shape index (κ2) is 20.0. The minimum atomic E-state index is -0.353. The fourth-order valence-electron chi connectivity index (χ4n) is 7.66. The highest BCUT2D eigenvalue weighted by Crippen LogP contribution is 2.17. The van der Waals surface area contributed by atoms with Crippen LogP contribution in [-0.2, 0) is 41.3 Å². The normalized spacial score (nSPS) is 12.1. The lowest BCUT2D eigenvalue weighted by Gasteiger charge is -2.37. The molecular weight excluding hydrogens is 796 g/mol. The van der Waals surface area contributed by atoms with E-state index >= 15 is 0 Å². The van der Waals surface area contributed by atoms with Gasteiger partial charge in [0.05, 0.1) is 78.1 Å². The number of rotatable bonds is 21. The molecule has 0 bridgehead atoms. The van der Waals surface area contributed by atoms with Crippen LogP contribution in [0.4, 0.5) is 0 Å². The molecule has 0 saturated heterocycles. The molecule has 0 aliphatic heterocycles. The van der Waals surface area contributed by atoms with E-state index in [9.17, 15) is 19.2 Å². The van der Waals surface area contributed by atoms with Gasteiger partial charge in [-0.05, 0) is 53.4 Å². The van der Waals surface area contributed by atoms with Gasteiger partial charge in [-0.15, -0.1) is 0 Å². The predicted molar refractivity (Wildman–Crippen MR) is 200 cm³/mol. The molecule has 0 aliphatic rings. The van der Waals surface area contributed by atoms with Crippen molar-refractivity contribution in [1.82, 2.24) is 37.4 Å². The van der Waals surface area contributed by atoms with Crippen molar-refractivity contribution in [1.29, 1.82) is 0 Å². The summed E-state index contributed by atoms with van der Waals surface area (Å²) in [6, 6.07) is 0. The van der Waals surface area contributed by atoms with E-state index in [2.05, 4.69) is 37.7 Å². The Kier molecular flexibility index (Phi) is 17.5. The summed E-state index contributed by atoms with van der Waals surface area (Å²) in [6.07, 6.45) is 13.3. The number of unbranched alkanes of at least 4 members (excludes halogenated alkanes) is 7. The summed E-state index contributed by atoms with van der Waals surface area (Å²) in [7, 11) is 6.37. The summed E-state index contributed by atoms with van der Waals surface area (Å²) in [4.78, 5) is 59.2. The van der Waals surface area contributed by atoms with Crippen molar-refractivity contribution in [2.24, 2.45) is 28.2 Å². The zero-order valence-corrected chi connectivity index (χ0v) is 35.9. The first-order chi connectivity index (χ1) is 23.9. The summed E-state index contributed by atoms with van der Waals surface area (Å²) in [5.41, 5.74) is 0.615. The number of imidazole rings is 2. The molecule has 4 rings (SSSR count). The van der Waals surface area contributed by atoms with Crippen LogP contribution in [0.1, 0.15) is 79.1 Å². The highest BCUT2D eigenvalue weighted by molar-refractivity contribution is 5.70. The van der Waals surface area contributed by atoms with Crippen LogP contribution in [0.15, 0.2) is 31.8 Å². The van der Waals surface area contributed by atoms with Crippen molar-refractivity contribution in [3.05, 3.63) is 54.3 Å². The first kappa shape index (κ1) is 45.3. The van der Waals surface area contributed by atoms with Gasteiger partial charge < -0.3 is 52.1 Å². The van der Waals surface area contributed by atoms with Crippen LogP contribution in [0.2, 0.25) is 0 Å². The Morgan fingerprint density at radius 3 is 1.10 bits per heavy atom. The van der Waals surface area contributed by atoms with E-state index in [4.69, 9.17) is 0 Å². The van der Waals surface area contributed by atoms with Crippen LogP contribution in [0.3, 0.4) is 0 Å². The molecule has 0 saturated carbocycles. The molecule has 0 atom stereocenters. The molecular formula is C36H62Br2N10O4. The van der Waals surface area contributed by atoms with Gasteiger partial charge in [0.2, 0.25) is 0 Å². The van der Waals surface area contributed by atoms with Gasteiger partial charge in [0, 0.05) is 28.2 Å². The number of aryl methyl sites for hydroxylation is 2. The van der Waals surface area contributed by atoms with E-state index in [0.29, 0.717) is 35.4 Å². The third kappa shape index (κ3) is 9.64. The van der Waals surface area contributed by atoms with E-state index in [0.717, 1.165) is 70.5 Å². The minimum Gasteiger partial charge on any atom is -1.00 e. The molecule has 0 aromatic carbocycles. The Morgan fingerprint density at radius 2 is 0.788 bits per heavy atom. The Balaban J connectivity index is 0.00000468. The van der Waals surface area contributed by atoms with Crippen molar-refractivity contribution in [3.63, 3.8) is 0 Å². The lowest BCUT2D eigenvalue weighted by molar-refractivity contribution is -0.925. The van der Waals surface area contributed by atoms with Crippen molar-refractivity contribution < 1.29 is 42.9 Å². The van der Waals surface area contributed by atoms with Gasteiger partial charge in [-0.1, -0.05) is 25.7 Å². The largest absolute Gasteiger partial charge is 1.00 e. The summed E-state index contributed by atoms with van der Waals surface area (Å²) in [6.45, 7) is 18.7. The molecule has 14 nitrogen and oxygen atoms in total. The maximum Gasteiger partial charge on any atom is 0.332 e. The van der Waals surface area contributed by atoms with Gasteiger partial charge >= 0.3 is 11.4 Å². The topological polar surface area (TPSA) is 124 Å². The summed E-state index contributed by atoms with van der Waals surface area (Å²) >= 11 is 0. The van der Waals surface area contributed by atoms with Crippen LogP contribution < -0.4 is 56.5 Å². The molecule has 4 aromatic heterocycles. The molecule has 0 aliphatic carbocycles. The molecule has 0 unspecified atom stereocenters. The molecule has 0 radical (unpaired) electrons. The number of aromatic nitrogens is 8. The van der Waals surface area contributed by atoms with Gasteiger partial charge in [0.1, 0.15) is 0 Å². The van der Waals surface area contributed by atoms with Gasteiger partial charge in [0.15, 0.2) is 22.3 Å². The van der Waals surface area contributed by atoms with Crippen LogP contribution >= 0.6 is 0 Å². The third-order valence-corrected chi connectivity index (χ3v) is 11.8. The molecule has 16 heteroatoms. The number of fused-ring (bicyclic) bond motifs is 2. The first-order valence-electron chi connectivity index (χ1n) is 18.8. The number of hydrogen-bond donors (Lipinski definition) is 0. The summed E-state index contributed by atoms with van der Waals surface area (Å²) < 4.78 is 11.1. The Bertz CT molecular complexity index is 1840. The first-order valence-corrected chi connectivity index (χ1v) is 18.8. The Labute approximate surface area is 328 Å². The third-order valence-electron chi connectivity index (χ3n) is 11.8. The SMILES string of the molecule is CC[N+](CC)(CCCCCCCCCC[N+](CC)(CC)CCn1cnc2c1c(=O)n(C)c(=O)n2C)CCn1cnc2c1c(=O)n(C)c(=O)n2C.[Br-].[Br-]. The number of hydrogen-bond acceptors (Lipinski definition) is 6. The highest BCUT2D eigenvalue weighted by Gasteiger charge is 2.25. The fourth-order valence-corrected chi connectivity index (χ4v) is 7.66. The Hall–Kier alpha value is -2.82.